The van der Waals surface area contributed by atoms with Crippen LogP contribution in [0.1, 0.15) is 6.42 Å². The van der Waals surface area contributed by atoms with Crippen LogP contribution in [-0.2, 0) is 9.09 Å². The third-order valence-corrected chi connectivity index (χ3v) is 1.58. The van der Waals surface area contributed by atoms with Gasteiger partial charge in [0.25, 0.3) is 0 Å². The minimum absolute atomic E-state index is 1.89. The van der Waals surface area contributed by atoms with E-state index >= 15 is 0 Å². The largest absolute Gasteiger partial charge is 0.394 e. The summed E-state index contributed by atoms with van der Waals surface area (Å²) in [5.74, 6) is 0. The quantitative estimate of drug-likeness (QED) is 0.561. The molecule has 0 aromatic heterocycles. The standard InChI is InChI=1S/C3H3Cl2F4O2P/c4-12(5,10)11-2(6)1-3(7,8)9/h2H,1H2. The van der Waals surface area contributed by atoms with Gasteiger partial charge in [-0.15, -0.1) is 0 Å². The first kappa shape index (κ1) is 12.5. The van der Waals surface area contributed by atoms with Gasteiger partial charge in [-0.2, -0.15) is 13.2 Å². The van der Waals surface area contributed by atoms with Crippen LogP contribution >= 0.6 is 28.6 Å². The maximum Gasteiger partial charge on any atom is 0.394 e. The van der Waals surface area contributed by atoms with Crippen molar-refractivity contribution in [3.63, 3.8) is 0 Å². The molecule has 0 fully saturated rings. The maximum atomic E-state index is 12.1. The van der Waals surface area contributed by atoms with E-state index in [0.717, 1.165) is 0 Å². The van der Waals surface area contributed by atoms with Gasteiger partial charge in [0, 0.05) is 0 Å². The van der Waals surface area contributed by atoms with Gasteiger partial charge in [0.15, 0.2) is 0 Å². The van der Waals surface area contributed by atoms with E-state index in [4.69, 9.17) is 0 Å². The minimum atomic E-state index is -4.75. The van der Waals surface area contributed by atoms with Gasteiger partial charge in [0.2, 0.25) is 6.36 Å². The molecule has 0 aliphatic heterocycles. The van der Waals surface area contributed by atoms with Crippen LogP contribution in [0.25, 0.3) is 0 Å². The van der Waals surface area contributed by atoms with Gasteiger partial charge in [0.05, 0.1) is 6.42 Å². The molecule has 0 saturated carbocycles. The number of alkyl halides is 4. The van der Waals surface area contributed by atoms with E-state index in [-0.39, 0.29) is 0 Å². The lowest BCUT2D eigenvalue weighted by molar-refractivity contribution is -0.165. The molecule has 0 aliphatic carbocycles. The predicted molar refractivity (Wildman–Crippen MR) is 36.0 cm³/mol. The Balaban J connectivity index is 3.91. The normalized spacial score (nSPS) is 16.2. The molecule has 0 aliphatic rings. The first-order chi connectivity index (χ1) is 5.10. The fourth-order valence-corrected chi connectivity index (χ4v) is 1.21. The summed E-state index contributed by atoms with van der Waals surface area (Å²) in [7, 11) is 0. The van der Waals surface area contributed by atoms with Crippen LogP contribution in [0.4, 0.5) is 17.6 Å². The van der Waals surface area contributed by atoms with Crippen LogP contribution in [0.5, 0.6) is 0 Å². The number of hydrogen-bond acceptors (Lipinski definition) is 2. The Morgan fingerprint density at radius 3 is 2.08 bits per heavy atom. The Labute approximate surface area is 74.8 Å². The summed E-state index contributed by atoms with van der Waals surface area (Å²) >= 11 is 9.30. The van der Waals surface area contributed by atoms with Crippen LogP contribution in [0.2, 0.25) is 0 Å². The van der Waals surface area contributed by atoms with Crippen molar-refractivity contribution < 1.29 is 26.7 Å². The SMILES string of the molecule is O=P(Cl)(Cl)OC(F)CC(F)(F)F. The summed E-state index contributed by atoms with van der Waals surface area (Å²) in [6.45, 7) is 0. The van der Waals surface area contributed by atoms with Crippen molar-refractivity contribution in [2.75, 3.05) is 0 Å². The van der Waals surface area contributed by atoms with E-state index in [1.807, 2.05) is 0 Å². The molecule has 0 amide bonds. The molecule has 0 rings (SSSR count). The fourth-order valence-electron chi connectivity index (χ4n) is 0.352. The van der Waals surface area contributed by atoms with E-state index in [1.165, 1.54) is 0 Å². The second-order valence-electron chi connectivity index (χ2n) is 1.75. The predicted octanol–water partition coefficient (Wildman–Crippen LogP) is 3.84. The highest BCUT2D eigenvalue weighted by molar-refractivity contribution is 8.05. The van der Waals surface area contributed by atoms with Crippen molar-refractivity contribution in [1.82, 2.24) is 0 Å². The summed E-state index contributed by atoms with van der Waals surface area (Å²) in [6.07, 6.45) is -13.7. The van der Waals surface area contributed by atoms with E-state index in [9.17, 15) is 22.1 Å². The average molecular weight is 249 g/mol. The smallest absolute Gasteiger partial charge is 0.270 e. The molecular formula is C3H3Cl2F4O2P. The Bertz CT molecular complexity index is 189. The van der Waals surface area contributed by atoms with E-state index < -0.39 is 25.0 Å². The van der Waals surface area contributed by atoms with Gasteiger partial charge >= 0.3 is 12.3 Å². The van der Waals surface area contributed by atoms with Crippen molar-refractivity contribution >= 4 is 28.6 Å². The summed E-state index contributed by atoms with van der Waals surface area (Å²) in [5.41, 5.74) is 0. The Hall–Kier alpha value is 0.490. The third kappa shape index (κ3) is 8.59. The first-order valence-corrected chi connectivity index (χ1v) is 5.92. The summed E-state index contributed by atoms with van der Waals surface area (Å²) in [5, 5.41) is 0. The zero-order valence-corrected chi connectivity index (χ0v) is 7.72. The van der Waals surface area contributed by atoms with Crippen molar-refractivity contribution in [1.29, 1.82) is 0 Å². The Kier molecular flexibility index (Phi) is 4.30. The second-order valence-corrected chi connectivity index (χ2v) is 5.98. The van der Waals surface area contributed by atoms with Crippen LogP contribution in [0.3, 0.4) is 0 Å². The number of rotatable bonds is 3. The van der Waals surface area contributed by atoms with E-state index in [2.05, 4.69) is 27.0 Å². The highest BCUT2D eigenvalue weighted by Crippen LogP contribution is 2.59. The van der Waals surface area contributed by atoms with Crippen molar-refractivity contribution in [3.05, 3.63) is 0 Å². The van der Waals surface area contributed by atoms with Crippen molar-refractivity contribution in [2.24, 2.45) is 0 Å². The lowest BCUT2D eigenvalue weighted by Gasteiger charge is -2.11. The van der Waals surface area contributed by atoms with E-state index in [1.54, 1.807) is 0 Å². The highest BCUT2D eigenvalue weighted by Gasteiger charge is 2.35. The fraction of sp³-hybridized carbons (Fsp3) is 1.00. The molecule has 2 nitrogen and oxygen atoms in total. The zero-order valence-electron chi connectivity index (χ0n) is 5.32. The topological polar surface area (TPSA) is 26.3 Å². The molecule has 1 unspecified atom stereocenters. The van der Waals surface area contributed by atoms with Crippen LogP contribution in [-0.4, -0.2) is 12.5 Å². The summed E-state index contributed by atoms with van der Waals surface area (Å²) in [6, 6.07) is 0. The summed E-state index contributed by atoms with van der Waals surface area (Å²) in [4.78, 5) is 0. The number of hydrogen-bond donors (Lipinski definition) is 0. The Morgan fingerprint density at radius 2 is 1.83 bits per heavy atom. The third-order valence-electron chi connectivity index (χ3n) is 0.629. The van der Waals surface area contributed by atoms with E-state index in [0.29, 0.717) is 0 Å². The Morgan fingerprint density at radius 1 is 1.42 bits per heavy atom. The van der Waals surface area contributed by atoms with Crippen LogP contribution in [0.15, 0.2) is 0 Å². The minimum Gasteiger partial charge on any atom is -0.270 e. The van der Waals surface area contributed by atoms with Crippen molar-refractivity contribution in [2.45, 2.75) is 19.0 Å². The highest BCUT2D eigenvalue weighted by atomic mass is 35.9. The molecule has 0 heterocycles. The van der Waals surface area contributed by atoms with Gasteiger partial charge in [-0.1, -0.05) is 0 Å². The van der Waals surface area contributed by atoms with Crippen LogP contribution in [0, 0.1) is 0 Å². The molecule has 74 valence electrons. The second kappa shape index (κ2) is 4.13. The molecule has 0 bridgehead atoms. The molecule has 0 spiro atoms. The van der Waals surface area contributed by atoms with Crippen LogP contribution < -0.4 is 0 Å². The molecule has 1 atom stereocenters. The monoisotopic (exact) mass is 248 g/mol. The zero-order chi connectivity index (χ0) is 9.99. The number of halogens is 6. The lowest BCUT2D eigenvalue weighted by atomic mass is 10.4. The molecule has 0 N–H and O–H groups in total. The molecular weight excluding hydrogens is 246 g/mol. The van der Waals surface area contributed by atoms with Gasteiger partial charge in [-0.25, -0.2) is 4.39 Å². The van der Waals surface area contributed by atoms with Gasteiger partial charge in [-0.05, 0) is 22.5 Å². The van der Waals surface area contributed by atoms with Gasteiger partial charge in [0.1, 0.15) is 0 Å². The lowest BCUT2D eigenvalue weighted by Crippen LogP contribution is -2.16. The maximum absolute atomic E-state index is 12.1. The van der Waals surface area contributed by atoms with Gasteiger partial charge in [-0.3, -0.25) is 9.09 Å². The molecule has 0 saturated heterocycles. The molecule has 0 radical (unpaired) electrons. The first-order valence-electron chi connectivity index (χ1n) is 2.49. The molecule has 12 heavy (non-hydrogen) atoms. The molecule has 0 aromatic carbocycles. The van der Waals surface area contributed by atoms with Crippen molar-refractivity contribution in [3.8, 4) is 0 Å². The van der Waals surface area contributed by atoms with Gasteiger partial charge < -0.3 is 0 Å². The molecule has 0 aromatic rings. The summed E-state index contributed by atoms with van der Waals surface area (Å²) < 4.78 is 60.0. The average Bonchev–Trinajstić information content (AvgIpc) is 1.49. The molecule has 9 heteroatoms.